The Balaban J connectivity index is 1.48. The minimum absolute atomic E-state index is 0.284. The van der Waals surface area contributed by atoms with Crippen LogP contribution in [0.25, 0.3) is 0 Å². The Kier molecular flexibility index (Phi) is 4.04. The lowest BCUT2D eigenvalue weighted by molar-refractivity contribution is 0.0366. The summed E-state index contributed by atoms with van der Waals surface area (Å²) in [7, 11) is 0. The summed E-state index contributed by atoms with van der Waals surface area (Å²) in [5, 5.41) is 6.24. The van der Waals surface area contributed by atoms with Crippen molar-refractivity contribution in [2.24, 2.45) is 0 Å². The molecule has 1 aromatic heterocycles. The SMILES string of the molecule is Cc1nc([C@H]2CCCNC2)cc(N2CCC3(CC2)CNC(=O)O3)n1. The van der Waals surface area contributed by atoms with Crippen molar-refractivity contribution in [1.29, 1.82) is 0 Å². The van der Waals surface area contributed by atoms with E-state index in [0.29, 0.717) is 12.5 Å². The summed E-state index contributed by atoms with van der Waals surface area (Å²) in [5.41, 5.74) is 0.838. The molecule has 3 fully saturated rings. The molecule has 3 aliphatic rings. The number of ether oxygens (including phenoxy) is 1. The number of rotatable bonds is 2. The summed E-state index contributed by atoms with van der Waals surface area (Å²) < 4.78 is 5.50. The predicted molar refractivity (Wildman–Crippen MR) is 90.3 cm³/mol. The van der Waals surface area contributed by atoms with Crippen molar-refractivity contribution in [2.45, 2.75) is 44.1 Å². The van der Waals surface area contributed by atoms with Gasteiger partial charge in [0.1, 0.15) is 17.2 Å². The molecule has 0 unspecified atom stereocenters. The third kappa shape index (κ3) is 3.05. The summed E-state index contributed by atoms with van der Waals surface area (Å²) >= 11 is 0. The van der Waals surface area contributed by atoms with Crippen molar-refractivity contribution in [3.05, 3.63) is 17.6 Å². The number of nitrogens with one attached hydrogen (secondary N) is 2. The molecule has 1 spiro atoms. The molecule has 3 saturated heterocycles. The number of amides is 1. The quantitative estimate of drug-likeness (QED) is 0.851. The molecule has 2 N–H and O–H groups in total. The fraction of sp³-hybridized carbons (Fsp3) is 0.706. The van der Waals surface area contributed by atoms with E-state index in [1.54, 1.807) is 0 Å². The number of carbonyl (C=O) groups is 1. The van der Waals surface area contributed by atoms with Crippen LogP contribution < -0.4 is 15.5 Å². The van der Waals surface area contributed by atoms with Gasteiger partial charge in [-0.25, -0.2) is 14.8 Å². The minimum Gasteiger partial charge on any atom is -0.441 e. The number of aryl methyl sites for hydroxylation is 1. The third-order valence-corrected chi connectivity index (χ3v) is 5.42. The van der Waals surface area contributed by atoms with Crippen molar-refractivity contribution in [3.63, 3.8) is 0 Å². The van der Waals surface area contributed by atoms with Gasteiger partial charge in [-0.15, -0.1) is 0 Å². The van der Waals surface area contributed by atoms with Crippen LogP contribution in [0.15, 0.2) is 6.07 Å². The Morgan fingerprint density at radius 2 is 2.17 bits per heavy atom. The maximum Gasteiger partial charge on any atom is 0.407 e. The highest BCUT2D eigenvalue weighted by atomic mass is 16.6. The van der Waals surface area contributed by atoms with Crippen LogP contribution >= 0.6 is 0 Å². The lowest BCUT2D eigenvalue weighted by Crippen LogP contribution is -2.47. The Morgan fingerprint density at radius 1 is 1.33 bits per heavy atom. The normalized spacial score (nSPS) is 26.3. The van der Waals surface area contributed by atoms with Gasteiger partial charge in [-0.05, 0) is 26.3 Å². The summed E-state index contributed by atoms with van der Waals surface area (Å²) in [6.07, 6.45) is 3.79. The number of nitrogens with zero attached hydrogens (tertiary/aromatic N) is 3. The number of anilines is 1. The Labute approximate surface area is 142 Å². The van der Waals surface area contributed by atoms with Crippen LogP contribution in [0.4, 0.5) is 10.6 Å². The van der Waals surface area contributed by atoms with Gasteiger partial charge in [-0.2, -0.15) is 0 Å². The van der Waals surface area contributed by atoms with E-state index in [0.717, 1.165) is 56.4 Å². The molecule has 1 amide bonds. The van der Waals surface area contributed by atoms with Gasteiger partial charge in [-0.1, -0.05) is 0 Å². The van der Waals surface area contributed by atoms with E-state index < -0.39 is 0 Å². The van der Waals surface area contributed by atoms with E-state index in [1.807, 2.05) is 6.92 Å². The first-order chi connectivity index (χ1) is 11.6. The molecular formula is C17H25N5O2. The van der Waals surface area contributed by atoms with Crippen LogP contribution in [0.2, 0.25) is 0 Å². The second kappa shape index (κ2) is 6.20. The monoisotopic (exact) mass is 331 g/mol. The molecule has 3 aliphatic heterocycles. The molecule has 7 heteroatoms. The number of aromatic nitrogens is 2. The average Bonchev–Trinajstić information content (AvgIpc) is 2.96. The minimum atomic E-state index is -0.314. The number of hydrogen-bond donors (Lipinski definition) is 2. The summed E-state index contributed by atoms with van der Waals surface area (Å²) in [4.78, 5) is 23.0. The molecule has 0 bridgehead atoms. The van der Waals surface area contributed by atoms with Crippen molar-refractivity contribution in [2.75, 3.05) is 37.6 Å². The van der Waals surface area contributed by atoms with Crippen molar-refractivity contribution >= 4 is 11.9 Å². The number of piperidine rings is 2. The lowest BCUT2D eigenvalue weighted by Gasteiger charge is -2.38. The molecule has 4 heterocycles. The molecule has 0 aliphatic carbocycles. The van der Waals surface area contributed by atoms with Gasteiger partial charge >= 0.3 is 6.09 Å². The molecule has 7 nitrogen and oxygen atoms in total. The molecule has 4 rings (SSSR count). The lowest BCUT2D eigenvalue weighted by atomic mass is 9.91. The van der Waals surface area contributed by atoms with Crippen molar-refractivity contribution in [1.82, 2.24) is 20.6 Å². The van der Waals surface area contributed by atoms with E-state index in [9.17, 15) is 4.79 Å². The summed E-state index contributed by atoms with van der Waals surface area (Å²) in [6.45, 7) is 6.41. The maximum absolute atomic E-state index is 11.4. The molecule has 0 radical (unpaired) electrons. The smallest absolute Gasteiger partial charge is 0.407 e. The van der Waals surface area contributed by atoms with Gasteiger partial charge in [-0.3, -0.25) is 0 Å². The van der Waals surface area contributed by atoms with Gasteiger partial charge < -0.3 is 20.3 Å². The topological polar surface area (TPSA) is 79.4 Å². The van der Waals surface area contributed by atoms with Crippen LogP contribution in [0.5, 0.6) is 0 Å². The van der Waals surface area contributed by atoms with Gasteiger partial charge in [0.05, 0.1) is 12.2 Å². The zero-order chi connectivity index (χ0) is 16.6. The summed E-state index contributed by atoms with van der Waals surface area (Å²) in [5.74, 6) is 2.33. The van der Waals surface area contributed by atoms with Gasteiger partial charge in [0.15, 0.2) is 0 Å². The zero-order valence-corrected chi connectivity index (χ0v) is 14.2. The highest BCUT2D eigenvalue weighted by Crippen LogP contribution is 2.32. The average molecular weight is 331 g/mol. The molecule has 24 heavy (non-hydrogen) atoms. The fourth-order valence-electron chi connectivity index (χ4n) is 3.97. The molecular weight excluding hydrogens is 306 g/mol. The van der Waals surface area contributed by atoms with Crippen LogP contribution in [0, 0.1) is 6.92 Å². The van der Waals surface area contributed by atoms with Crippen LogP contribution in [0.1, 0.15) is 43.1 Å². The standard InChI is InChI=1S/C17H25N5O2/c1-12-20-14(13-3-2-6-18-10-13)9-15(21-12)22-7-4-17(5-8-22)11-19-16(23)24-17/h9,13,18H,2-8,10-11H2,1H3,(H,19,23)/t13-/m0/s1. The van der Waals surface area contributed by atoms with Gasteiger partial charge in [0.25, 0.3) is 0 Å². The number of hydrogen-bond acceptors (Lipinski definition) is 6. The Hall–Kier alpha value is -1.89. The van der Waals surface area contributed by atoms with Crippen molar-refractivity contribution in [3.8, 4) is 0 Å². The second-order valence-corrected chi connectivity index (χ2v) is 7.15. The first-order valence-electron chi connectivity index (χ1n) is 8.92. The van der Waals surface area contributed by atoms with E-state index in [4.69, 9.17) is 4.74 Å². The molecule has 130 valence electrons. The van der Waals surface area contributed by atoms with Crippen LogP contribution in [-0.2, 0) is 4.74 Å². The number of alkyl carbamates (subject to hydrolysis) is 1. The second-order valence-electron chi connectivity index (χ2n) is 7.15. The summed E-state index contributed by atoms with van der Waals surface area (Å²) in [6, 6.07) is 2.15. The third-order valence-electron chi connectivity index (χ3n) is 5.42. The molecule has 0 aromatic carbocycles. The zero-order valence-electron chi connectivity index (χ0n) is 14.2. The molecule has 1 aromatic rings. The van der Waals surface area contributed by atoms with Crippen molar-refractivity contribution < 1.29 is 9.53 Å². The van der Waals surface area contributed by atoms with E-state index in [-0.39, 0.29) is 11.7 Å². The predicted octanol–water partition coefficient (Wildman–Crippen LogP) is 1.33. The molecule has 0 saturated carbocycles. The maximum atomic E-state index is 11.4. The van der Waals surface area contributed by atoms with Crippen LogP contribution in [-0.4, -0.2) is 54.4 Å². The van der Waals surface area contributed by atoms with Crippen LogP contribution in [0.3, 0.4) is 0 Å². The van der Waals surface area contributed by atoms with E-state index in [2.05, 4.69) is 31.6 Å². The Bertz CT molecular complexity index is 621. The Morgan fingerprint density at radius 3 is 2.83 bits per heavy atom. The number of carbonyl (C=O) groups excluding carboxylic acids is 1. The first-order valence-corrected chi connectivity index (χ1v) is 8.92. The fourth-order valence-corrected chi connectivity index (χ4v) is 3.97. The highest BCUT2D eigenvalue weighted by Gasteiger charge is 2.43. The highest BCUT2D eigenvalue weighted by molar-refractivity contribution is 5.70. The van der Waals surface area contributed by atoms with E-state index in [1.165, 1.54) is 12.8 Å². The van der Waals surface area contributed by atoms with E-state index >= 15 is 0 Å². The molecule has 1 atom stereocenters. The van der Waals surface area contributed by atoms with Gasteiger partial charge in [0, 0.05) is 44.5 Å². The largest absolute Gasteiger partial charge is 0.441 e. The first kappa shape index (κ1) is 15.6. The van der Waals surface area contributed by atoms with Gasteiger partial charge in [0.2, 0.25) is 0 Å².